The van der Waals surface area contributed by atoms with Crippen molar-refractivity contribution in [2.75, 3.05) is 19.6 Å². The number of carbonyl (C=O) groups excluding carboxylic acids is 1. The number of Topliss-reactive ketones (excluding diaryl/α,β-unsaturated/α-hetero) is 1. The molecule has 1 unspecified atom stereocenters. The third-order valence-corrected chi connectivity index (χ3v) is 6.28. The summed E-state index contributed by atoms with van der Waals surface area (Å²) >= 11 is 6.09. The van der Waals surface area contributed by atoms with E-state index in [1.165, 1.54) is 24.0 Å². The average Bonchev–Trinajstić information content (AvgIpc) is 2.82. The third kappa shape index (κ3) is 4.93. The van der Waals surface area contributed by atoms with Crippen molar-refractivity contribution >= 4 is 29.8 Å². The van der Waals surface area contributed by atoms with E-state index in [0.29, 0.717) is 23.3 Å². The maximum absolute atomic E-state index is 12.7. The molecule has 0 bridgehead atoms. The van der Waals surface area contributed by atoms with Gasteiger partial charge in [-0.2, -0.15) is 0 Å². The number of hydrogen-bond acceptors (Lipinski definition) is 2. The molecule has 4 rings (SSSR count). The Balaban J connectivity index is 0.00000210. The van der Waals surface area contributed by atoms with Crippen LogP contribution < -0.4 is 0 Å². The van der Waals surface area contributed by atoms with Crippen LogP contribution in [0.15, 0.2) is 48.5 Å². The number of carbonyl (C=O) groups is 1. The van der Waals surface area contributed by atoms with Crippen LogP contribution in [0.5, 0.6) is 0 Å². The number of rotatable bonds is 3. The number of hydrogen-bond donors (Lipinski definition) is 0. The van der Waals surface area contributed by atoms with Crippen LogP contribution in [0.25, 0.3) is 0 Å². The zero-order chi connectivity index (χ0) is 17.9. The zero-order valence-corrected chi connectivity index (χ0v) is 17.1. The smallest absolute Gasteiger partial charge is 0.163 e. The highest BCUT2D eigenvalue weighted by Gasteiger charge is 2.26. The fourth-order valence-corrected chi connectivity index (χ4v) is 4.73. The summed E-state index contributed by atoms with van der Waals surface area (Å²) in [5.74, 6) is 1.42. The van der Waals surface area contributed by atoms with Crippen LogP contribution in [-0.4, -0.2) is 30.3 Å². The first-order valence-electron chi connectivity index (χ1n) is 9.78. The number of piperidine rings is 1. The second-order valence-electron chi connectivity index (χ2n) is 7.82. The van der Waals surface area contributed by atoms with Gasteiger partial charge in [0, 0.05) is 23.6 Å². The van der Waals surface area contributed by atoms with Crippen LogP contribution in [0, 0.1) is 5.92 Å². The molecule has 0 amide bonds. The van der Waals surface area contributed by atoms with Crippen LogP contribution in [-0.2, 0) is 6.42 Å². The summed E-state index contributed by atoms with van der Waals surface area (Å²) in [5.41, 5.74) is 3.50. The van der Waals surface area contributed by atoms with Crippen LogP contribution in [0.1, 0.15) is 53.1 Å². The van der Waals surface area contributed by atoms with Crippen molar-refractivity contribution in [3.05, 3.63) is 70.2 Å². The topological polar surface area (TPSA) is 20.3 Å². The van der Waals surface area contributed by atoms with Crippen molar-refractivity contribution in [3.8, 4) is 0 Å². The first kappa shape index (κ1) is 20.4. The molecular formula is C23H27Cl2NO. The molecule has 1 heterocycles. The van der Waals surface area contributed by atoms with E-state index in [1.807, 2.05) is 18.2 Å². The Morgan fingerprint density at radius 2 is 1.74 bits per heavy atom. The molecule has 144 valence electrons. The minimum atomic E-state index is 0. The van der Waals surface area contributed by atoms with E-state index in [-0.39, 0.29) is 18.2 Å². The monoisotopic (exact) mass is 403 g/mol. The highest BCUT2D eigenvalue weighted by Crippen LogP contribution is 2.31. The number of likely N-dealkylation sites (tertiary alicyclic amines) is 1. The second kappa shape index (κ2) is 9.23. The normalized spacial score (nSPS) is 21.2. The maximum Gasteiger partial charge on any atom is 0.163 e. The van der Waals surface area contributed by atoms with Gasteiger partial charge in [0.05, 0.1) is 0 Å². The van der Waals surface area contributed by atoms with Gasteiger partial charge in [0.1, 0.15) is 0 Å². The SMILES string of the molecule is Cl.O=C1CC(CN2CCC(c3ccccc3)CC2)CCc2ccc(Cl)cc21. The molecular weight excluding hydrogens is 377 g/mol. The molecule has 2 aromatic rings. The van der Waals surface area contributed by atoms with E-state index >= 15 is 0 Å². The van der Waals surface area contributed by atoms with Crippen molar-refractivity contribution in [1.82, 2.24) is 4.90 Å². The Morgan fingerprint density at radius 1 is 1.00 bits per heavy atom. The lowest BCUT2D eigenvalue weighted by Gasteiger charge is -2.34. The van der Waals surface area contributed by atoms with Gasteiger partial charge in [0.15, 0.2) is 5.78 Å². The Labute approximate surface area is 173 Å². The molecule has 0 saturated carbocycles. The Hall–Kier alpha value is -1.35. The maximum atomic E-state index is 12.7. The standard InChI is InChI=1S/C23H26ClNO.ClH/c24-21-9-8-20-7-6-17(14-23(26)22(20)15-21)16-25-12-10-19(11-13-25)18-4-2-1-3-5-18;/h1-5,8-9,15,17,19H,6-7,10-14,16H2;1H. The highest BCUT2D eigenvalue weighted by molar-refractivity contribution is 6.31. The summed E-state index contributed by atoms with van der Waals surface area (Å²) in [7, 11) is 0. The first-order valence-corrected chi connectivity index (χ1v) is 10.2. The van der Waals surface area contributed by atoms with Crippen molar-refractivity contribution in [2.24, 2.45) is 5.92 Å². The number of ketones is 1. The summed E-state index contributed by atoms with van der Waals surface area (Å²) in [6, 6.07) is 16.7. The molecule has 1 fully saturated rings. The van der Waals surface area contributed by atoms with E-state index in [4.69, 9.17) is 11.6 Å². The van der Waals surface area contributed by atoms with Gasteiger partial charge in [-0.25, -0.2) is 0 Å². The fraction of sp³-hybridized carbons (Fsp3) is 0.435. The molecule has 0 spiro atoms. The molecule has 1 aliphatic heterocycles. The fourth-order valence-electron chi connectivity index (χ4n) is 4.56. The molecule has 2 aliphatic rings. The van der Waals surface area contributed by atoms with Crippen molar-refractivity contribution in [3.63, 3.8) is 0 Å². The second-order valence-corrected chi connectivity index (χ2v) is 8.26. The van der Waals surface area contributed by atoms with E-state index < -0.39 is 0 Å². The first-order chi connectivity index (χ1) is 12.7. The molecule has 2 aromatic carbocycles. The van der Waals surface area contributed by atoms with Gasteiger partial charge in [0.2, 0.25) is 0 Å². The van der Waals surface area contributed by atoms with Crippen molar-refractivity contribution in [1.29, 1.82) is 0 Å². The quantitative estimate of drug-likeness (QED) is 0.605. The minimum Gasteiger partial charge on any atom is -0.303 e. The van der Waals surface area contributed by atoms with E-state index in [1.54, 1.807) is 0 Å². The van der Waals surface area contributed by atoms with E-state index in [2.05, 4.69) is 35.2 Å². The lowest BCUT2D eigenvalue weighted by atomic mass is 9.88. The highest BCUT2D eigenvalue weighted by atomic mass is 35.5. The van der Waals surface area contributed by atoms with Gasteiger partial charge >= 0.3 is 0 Å². The van der Waals surface area contributed by atoms with Gasteiger partial charge in [-0.05, 0) is 73.9 Å². The summed E-state index contributed by atoms with van der Waals surface area (Å²) in [5, 5.41) is 0.665. The third-order valence-electron chi connectivity index (χ3n) is 6.04. The number of aryl methyl sites for hydroxylation is 1. The molecule has 1 aliphatic carbocycles. The minimum absolute atomic E-state index is 0. The van der Waals surface area contributed by atoms with Gasteiger partial charge in [-0.3, -0.25) is 4.79 Å². The van der Waals surface area contributed by atoms with Crippen molar-refractivity contribution < 1.29 is 4.79 Å². The average molecular weight is 404 g/mol. The van der Waals surface area contributed by atoms with Gasteiger partial charge in [0.25, 0.3) is 0 Å². The Bertz CT molecular complexity index is 769. The number of nitrogens with zero attached hydrogens (tertiary/aromatic N) is 1. The molecule has 1 saturated heterocycles. The number of fused-ring (bicyclic) bond motifs is 1. The van der Waals surface area contributed by atoms with Gasteiger partial charge in [-0.15, -0.1) is 12.4 Å². The predicted octanol–water partition coefficient (Wildman–Crippen LogP) is 5.78. The molecule has 4 heteroatoms. The molecule has 27 heavy (non-hydrogen) atoms. The lowest BCUT2D eigenvalue weighted by Crippen LogP contribution is -2.37. The lowest BCUT2D eigenvalue weighted by molar-refractivity contribution is 0.0941. The van der Waals surface area contributed by atoms with Crippen LogP contribution in [0.4, 0.5) is 0 Å². The van der Waals surface area contributed by atoms with Gasteiger partial charge in [-0.1, -0.05) is 48.0 Å². The van der Waals surface area contributed by atoms with Gasteiger partial charge < -0.3 is 4.90 Å². The number of halogens is 2. The largest absolute Gasteiger partial charge is 0.303 e. The molecule has 0 aromatic heterocycles. The summed E-state index contributed by atoms with van der Waals surface area (Å²) in [4.78, 5) is 15.2. The molecule has 0 radical (unpaired) electrons. The number of benzene rings is 2. The predicted molar refractivity (Wildman–Crippen MR) is 114 cm³/mol. The summed E-state index contributed by atoms with van der Waals surface area (Å²) in [6.07, 6.45) is 5.19. The van der Waals surface area contributed by atoms with Crippen LogP contribution in [0.3, 0.4) is 0 Å². The Kier molecular flexibility index (Phi) is 6.97. The van der Waals surface area contributed by atoms with E-state index in [0.717, 1.165) is 38.0 Å². The molecule has 2 nitrogen and oxygen atoms in total. The van der Waals surface area contributed by atoms with Crippen LogP contribution >= 0.6 is 24.0 Å². The van der Waals surface area contributed by atoms with Crippen molar-refractivity contribution in [2.45, 2.75) is 38.0 Å². The summed E-state index contributed by atoms with van der Waals surface area (Å²) < 4.78 is 0. The summed E-state index contributed by atoms with van der Waals surface area (Å²) in [6.45, 7) is 3.33. The van der Waals surface area contributed by atoms with E-state index in [9.17, 15) is 4.79 Å². The molecule has 0 N–H and O–H groups in total. The Morgan fingerprint density at radius 3 is 2.48 bits per heavy atom. The zero-order valence-electron chi connectivity index (χ0n) is 15.6. The molecule has 1 atom stereocenters. The van der Waals surface area contributed by atoms with Crippen LogP contribution in [0.2, 0.25) is 5.02 Å².